The van der Waals surface area contributed by atoms with Crippen LogP contribution >= 0.6 is 22.9 Å². The summed E-state index contributed by atoms with van der Waals surface area (Å²) in [6.07, 6.45) is 0.562. The number of aryl methyl sites for hydroxylation is 1. The molecule has 7 nitrogen and oxygen atoms in total. The van der Waals surface area contributed by atoms with E-state index in [-0.39, 0.29) is 17.8 Å². The van der Waals surface area contributed by atoms with Crippen molar-refractivity contribution in [1.29, 1.82) is 0 Å². The first kappa shape index (κ1) is 23.8. The van der Waals surface area contributed by atoms with Crippen LogP contribution in [0.25, 0.3) is 21.1 Å². The number of H-pyrrole nitrogens is 1. The lowest BCUT2D eigenvalue weighted by Crippen LogP contribution is -2.30. The number of rotatable bonds is 6. The number of halogens is 2. The molecule has 2 heterocycles. The molecule has 3 aromatic carbocycles. The second-order valence-corrected chi connectivity index (χ2v) is 9.68. The fraction of sp³-hybridized carbons (Fsp3) is 0.115. The number of benzene rings is 3. The van der Waals surface area contributed by atoms with Crippen LogP contribution in [0.3, 0.4) is 0 Å². The number of urea groups is 1. The Kier molecular flexibility index (Phi) is 6.58. The molecule has 5 aromatic rings. The second kappa shape index (κ2) is 9.96. The Morgan fingerprint density at radius 3 is 2.78 bits per heavy atom. The molecule has 36 heavy (non-hydrogen) atoms. The van der Waals surface area contributed by atoms with Gasteiger partial charge in [0.05, 0.1) is 20.9 Å². The lowest BCUT2D eigenvalue weighted by Gasteiger charge is -2.10. The number of thiazole rings is 1. The van der Waals surface area contributed by atoms with Gasteiger partial charge in [-0.1, -0.05) is 35.1 Å². The molecule has 4 N–H and O–H groups in total. The van der Waals surface area contributed by atoms with Crippen LogP contribution in [0.15, 0.2) is 60.7 Å². The predicted octanol–water partition coefficient (Wildman–Crippen LogP) is 6.50. The highest BCUT2D eigenvalue weighted by molar-refractivity contribution is 7.22. The van der Waals surface area contributed by atoms with Gasteiger partial charge in [0.2, 0.25) is 0 Å². The van der Waals surface area contributed by atoms with E-state index < -0.39 is 0 Å². The molecular formula is C26H21ClFN5O2S. The molecule has 0 aliphatic rings. The van der Waals surface area contributed by atoms with E-state index in [1.54, 1.807) is 30.3 Å². The molecule has 0 bridgehead atoms. The maximum atomic E-state index is 13.4. The minimum absolute atomic E-state index is 0.284. The number of hydrogen-bond acceptors (Lipinski definition) is 4. The largest absolute Gasteiger partial charge is 0.358 e. The van der Waals surface area contributed by atoms with Gasteiger partial charge in [-0.05, 0) is 66.4 Å². The maximum Gasteiger partial charge on any atom is 0.321 e. The Bertz CT molecular complexity index is 1590. The number of amides is 3. The number of fused-ring (bicyclic) bond motifs is 2. The summed E-state index contributed by atoms with van der Waals surface area (Å²) in [6.45, 7) is 2.26. The summed E-state index contributed by atoms with van der Waals surface area (Å²) in [4.78, 5) is 32.7. The molecule has 5 rings (SSSR count). The lowest BCUT2D eigenvalue weighted by molar-refractivity contribution is 0.102. The van der Waals surface area contributed by atoms with E-state index in [0.29, 0.717) is 39.9 Å². The van der Waals surface area contributed by atoms with Gasteiger partial charge in [-0.15, -0.1) is 0 Å². The van der Waals surface area contributed by atoms with E-state index in [9.17, 15) is 14.0 Å². The van der Waals surface area contributed by atoms with Crippen LogP contribution in [-0.4, -0.2) is 28.5 Å². The normalized spacial score (nSPS) is 11.1. The number of nitrogens with zero attached hydrogens (tertiary/aromatic N) is 1. The van der Waals surface area contributed by atoms with Crippen LogP contribution in [-0.2, 0) is 6.42 Å². The van der Waals surface area contributed by atoms with Gasteiger partial charge in [0.15, 0.2) is 5.13 Å². The van der Waals surface area contributed by atoms with E-state index in [0.717, 1.165) is 26.9 Å². The highest BCUT2D eigenvalue weighted by Gasteiger charge is 2.14. The van der Waals surface area contributed by atoms with E-state index >= 15 is 0 Å². The minimum Gasteiger partial charge on any atom is -0.358 e. The summed E-state index contributed by atoms with van der Waals surface area (Å²) in [5.41, 5.74) is 4.19. The van der Waals surface area contributed by atoms with Crippen molar-refractivity contribution in [2.24, 2.45) is 0 Å². The van der Waals surface area contributed by atoms with E-state index in [4.69, 9.17) is 11.6 Å². The minimum atomic E-state index is -0.386. The summed E-state index contributed by atoms with van der Waals surface area (Å²) in [5, 5.41) is 10.2. The molecule has 3 amide bonds. The van der Waals surface area contributed by atoms with Crippen molar-refractivity contribution in [3.63, 3.8) is 0 Å². The third kappa shape index (κ3) is 5.17. The second-order valence-electron chi connectivity index (χ2n) is 8.24. The molecule has 0 unspecified atom stereocenters. The molecule has 0 saturated carbocycles. The van der Waals surface area contributed by atoms with E-state index in [2.05, 4.69) is 25.9 Å². The van der Waals surface area contributed by atoms with Gasteiger partial charge in [0.25, 0.3) is 5.91 Å². The van der Waals surface area contributed by atoms with Crippen molar-refractivity contribution < 1.29 is 14.0 Å². The Hall–Kier alpha value is -3.95. The molecule has 0 saturated heterocycles. The first-order chi connectivity index (χ1) is 17.4. The number of carbonyl (C=O) groups is 2. The summed E-state index contributed by atoms with van der Waals surface area (Å²) in [6, 6.07) is 16.7. The van der Waals surface area contributed by atoms with E-state index in [1.807, 2.05) is 25.1 Å². The van der Waals surface area contributed by atoms with Crippen LogP contribution in [0, 0.1) is 12.7 Å². The quantitative estimate of drug-likeness (QED) is 0.205. The van der Waals surface area contributed by atoms with Crippen molar-refractivity contribution in [3.8, 4) is 0 Å². The Labute approximate surface area is 214 Å². The molecular weight excluding hydrogens is 501 g/mol. The molecule has 2 aromatic heterocycles. The average molecular weight is 522 g/mol. The highest BCUT2D eigenvalue weighted by atomic mass is 35.5. The Morgan fingerprint density at radius 2 is 1.94 bits per heavy atom. The molecule has 0 spiro atoms. The number of aromatic amines is 1. The van der Waals surface area contributed by atoms with Crippen LogP contribution in [0.1, 0.15) is 21.6 Å². The molecule has 10 heteroatoms. The molecule has 182 valence electrons. The average Bonchev–Trinajstić information content (AvgIpc) is 3.43. The van der Waals surface area contributed by atoms with Crippen molar-refractivity contribution in [3.05, 3.63) is 88.3 Å². The van der Waals surface area contributed by atoms with Gasteiger partial charge in [-0.3, -0.25) is 10.1 Å². The monoisotopic (exact) mass is 521 g/mol. The number of para-hydroxylation sites is 1. The Balaban J connectivity index is 1.19. The molecule has 0 aliphatic carbocycles. The molecule has 0 radical (unpaired) electrons. The smallest absolute Gasteiger partial charge is 0.321 e. The fourth-order valence-electron chi connectivity index (χ4n) is 3.84. The SMILES string of the molecule is Cc1cccc(Cl)c1NC(=O)c1ccc2nc(NC(=O)NCCc3cc4ccc(F)cc4[nH]3)sc2c1. The highest BCUT2D eigenvalue weighted by Crippen LogP contribution is 2.29. The summed E-state index contributed by atoms with van der Waals surface area (Å²) in [7, 11) is 0. The van der Waals surface area contributed by atoms with Gasteiger partial charge >= 0.3 is 6.03 Å². The zero-order valence-electron chi connectivity index (χ0n) is 19.1. The van der Waals surface area contributed by atoms with Gasteiger partial charge in [-0.2, -0.15) is 0 Å². The lowest BCUT2D eigenvalue weighted by atomic mass is 10.1. The number of hydrogen-bond donors (Lipinski definition) is 4. The predicted molar refractivity (Wildman–Crippen MR) is 143 cm³/mol. The summed E-state index contributed by atoms with van der Waals surface area (Å²) < 4.78 is 14.1. The third-order valence-corrected chi connectivity index (χ3v) is 6.90. The van der Waals surface area contributed by atoms with Gasteiger partial charge in [0.1, 0.15) is 5.82 Å². The fourth-order valence-corrected chi connectivity index (χ4v) is 5.01. The molecule has 0 atom stereocenters. The summed E-state index contributed by atoms with van der Waals surface area (Å²) in [5.74, 6) is -0.582. The maximum absolute atomic E-state index is 13.4. The molecule has 0 fully saturated rings. The van der Waals surface area contributed by atoms with Crippen LogP contribution in [0.5, 0.6) is 0 Å². The number of anilines is 2. The Morgan fingerprint density at radius 1 is 1.08 bits per heavy atom. The number of carbonyl (C=O) groups excluding carboxylic acids is 2. The van der Waals surface area contributed by atoms with Gasteiger partial charge < -0.3 is 15.6 Å². The first-order valence-corrected chi connectivity index (χ1v) is 12.3. The molecule has 0 aliphatic heterocycles. The van der Waals surface area contributed by atoms with Crippen molar-refractivity contribution in [2.45, 2.75) is 13.3 Å². The van der Waals surface area contributed by atoms with Crippen molar-refractivity contribution in [2.75, 3.05) is 17.2 Å². The number of nitrogens with one attached hydrogen (secondary N) is 4. The standard InChI is InChI=1S/C26H21ClFN5O2S/c1-14-3-2-4-19(27)23(14)32-24(34)16-6-8-20-22(12-16)36-26(31-20)33-25(35)29-10-9-18-11-15-5-7-17(28)13-21(15)30-18/h2-8,11-13,30H,9-10H2,1H3,(H,32,34)(H2,29,31,33,35). The van der Waals surface area contributed by atoms with E-state index in [1.165, 1.54) is 23.5 Å². The van der Waals surface area contributed by atoms with Crippen LogP contribution in [0.2, 0.25) is 5.02 Å². The zero-order chi connectivity index (χ0) is 25.2. The first-order valence-electron chi connectivity index (χ1n) is 11.1. The van der Waals surface area contributed by atoms with Crippen molar-refractivity contribution in [1.82, 2.24) is 15.3 Å². The topological polar surface area (TPSA) is 98.9 Å². The van der Waals surface area contributed by atoms with Gasteiger partial charge in [-0.25, -0.2) is 14.2 Å². The summed E-state index contributed by atoms with van der Waals surface area (Å²) >= 11 is 7.49. The van der Waals surface area contributed by atoms with Gasteiger partial charge in [0, 0.05) is 29.7 Å². The third-order valence-electron chi connectivity index (χ3n) is 5.65. The van der Waals surface area contributed by atoms with Crippen LogP contribution < -0.4 is 16.0 Å². The number of aromatic nitrogens is 2. The van der Waals surface area contributed by atoms with Crippen LogP contribution in [0.4, 0.5) is 20.0 Å². The van der Waals surface area contributed by atoms with Crippen molar-refractivity contribution >= 4 is 66.8 Å². The zero-order valence-corrected chi connectivity index (χ0v) is 20.7.